The summed E-state index contributed by atoms with van der Waals surface area (Å²) in [6.45, 7) is 5.35. The van der Waals surface area contributed by atoms with Crippen LogP contribution in [0.3, 0.4) is 0 Å². The molecule has 2 unspecified atom stereocenters. The molecule has 0 saturated carbocycles. The third-order valence-electron chi connectivity index (χ3n) is 5.17. The third kappa shape index (κ3) is 3.51. The summed E-state index contributed by atoms with van der Waals surface area (Å²) in [5.41, 5.74) is 3.73. The molecule has 1 heterocycles. The van der Waals surface area contributed by atoms with Crippen LogP contribution in [0.15, 0.2) is 48.5 Å². The van der Waals surface area contributed by atoms with E-state index in [-0.39, 0.29) is 0 Å². The molecule has 0 aromatic heterocycles. The van der Waals surface area contributed by atoms with Gasteiger partial charge in [0.2, 0.25) is 0 Å². The molecule has 1 fully saturated rings. The molecule has 24 heavy (non-hydrogen) atoms. The summed E-state index contributed by atoms with van der Waals surface area (Å²) in [7, 11) is 0. The lowest BCUT2D eigenvalue weighted by atomic mass is 9.93. The molecule has 1 N–H and O–H groups in total. The molecule has 0 amide bonds. The first kappa shape index (κ1) is 16.7. The zero-order chi connectivity index (χ0) is 17.1. The monoisotopic (exact) mass is 323 g/mol. The van der Waals surface area contributed by atoms with Crippen LogP contribution in [0.1, 0.15) is 49.0 Å². The number of aromatic carboxylic acids is 1. The van der Waals surface area contributed by atoms with Gasteiger partial charge in [0.15, 0.2) is 0 Å². The van der Waals surface area contributed by atoms with Gasteiger partial charge < -0.3 is 5.11 Å². The molecule has 0 aliphatic carbocycles. The van der Waals surface area contributed by atoms with Crippen molar-refractivity contribution in [2.24, 2.45) is 0 Å². The first-order chi connectivity index (χ1) is 11.6. The van der Waals surface area contributed by atoms with Crippen LogP contribution in [0.25, 0.3) is 11.1 Å². The van der Waals surface area contributed by atoms with Crippen LogP contribution in [0, 0.1) is 0 Å². The van der Waals surface area contributed by atoms with E-state index in [2.05, 4.69) is 30.9 Å². The van der Waals surface area contributed by atoms with Gasteiger partial charge in [0, 0.05) is 18.6 Å². The number of carboxylic acids is 1. The van der Waals surface area contributed by atoms with Gasteiger partial charge in [0.1, 0.15) is 0 Å². The number of benzene rings is 2. The number of nitrogens with zero attached hydrogens (tertiary/aromatic N) is 1. The largest absolute Gasteiger partial charge is 0.478 e. The Morgan fingerprint density at radius 3 is 2.38 bits per heavy atom. The summed E-state index contributed by atoms with van der Waals surface area (Å²) in [6.07, 6.45) is 3.70. The summed E-state index contributed by atoms with van der Waals surface area (Å²) >= 11 is 0. The van der Waals surface area contributed by atoms with Crippen LogP contribution < -0.4 is 0 Å². The van der Waals surface area contributed by atoms with E-state index in [1.165, 1.54) is 19.3 Å². The summed E-state index contributed by atoms with van der Waals surface area (Å²) in [4.78, 5) is 13.9. The SMILES string of the molecule is CC1CCCC(C)N1Cc1cc(C(=O)O)ccc1-c1ccccc1. The predicted molar refractivity (Wildman–Crippen MR) is 97.2 cm³/mol. The van der Waals surface area contributed by atoms with Crippen molar-refractivity contribution in [3.05, 3.63) is 59.7 Å². The quantitative estimate of drug-likeness (QED) is 0.877. The molecule has 2 atom stereocenters. The van der Waals surface area contributed by atoms with E-state index in [1.807, 2.05) is 30.3 Å². The summed E-state index contributed by atoms with van der Waals surface area (Å²) in [6, 6.07) is 16.8. The lowest BCUT2D eigenvalue weighted by molar-refractivity contribution is 0.0696. The minimum absolute atomic E-state index is 0.363. The molecular weight excluding hydrogens is 298 g/mol. The fourth-order valence-electron chi connectivity index (χ4n) is 3.74. The predicted octanol–water partition coefficient (Wildman–Crippen LogP) is 4.81. The fourth-order valence-corrected chi connectivity index (χ4v) is 3.74. The highest BCUT2D eigenvalue weighted by Crippen LogP contribution is 2.30. The Morgan fingerprint density at radius 1 is 1.08 bits per heavy atom. The van der Waals surface area contributed by atoms with Gasteiger partial charge in [-0.05, 0) is 55.5 Å². The van der Waals surface area contributed by atoms with E-state index in [0.29, 0.717) is 17.6 Å². The van der Waals surface area contributed by atoms with Crippen LogP contribution >= 0.6 is 0 Å². The Labute approximate surface area is 143 Å². The van der Waals surface area contributed by atoms with Gasteiger partial charge in [-0.25, -0.2) is 4.79 Å². The highest BCUT2D eigenvalue weighted by atomic mass is 16.4. The second-order valence-corrected chi connectivity index (χ2v) is 6.84. The maximum absolute atomic E-state index is 11.4. The molecular formula is C21H25NO2. The number of piperidine rings is 1. The first-order valence-corrected chi connectivity index (χ1v) is 8.73. The van der Waals surface area contributed by atoms with Crippen molar-refractivity contribution in [2.45, 2.75) is 51.7 Å². The van der Waals surface area contributed by atoms with E-state index in [1.54, 1.807) is 6.07 Å². The fraction of sp³-hybridized carbons (Fsp3) is 0.381. The molecule has 3 nitrogen and oxygen atoms in total. The molecule has 126 valence electrons. The molecule has 1 aliphatic rings. The van der Waals surface area contributed by atoms with Gasteiger partial charge in [0.05, 0.1) is 5.56 Å². The minimum atomic E-state index is -0.865. The Hall–Kier alpha value is -2.13. The van der Waals surface area contributed by atoms with Crippen molar-refractivity contribution in [3.8, 4) is 11.1 Å². The normalized spacial score (nSPS) is 21.6. The zero-order valence-corrected chi connectivity index (χ0v) is 14.4. The third-order valence-corrected chi connectivity index (χ3v) is 5.17. The van der Waals surface area contributed by atoms with Crippen molar-refractivity contribution in [1.29, 1.82) is 0 Å². The molecule has 0 radical (unpaired) electrons. The summed E-state index contributed by atoms with van der Waals surface area (Å²) in [5.74, 6) is -0.865. The average Bonchev–Trinajstić information content (AvgIpc) is 2.59. The number of hydrogen-bond acceptors (Lipinski definition) is 2. The van der Waals surface area contributed by atoms with E-state index in [4.69, 9.17) is 0 Å². The van der Waals surface area contributed by atoms with E-state index >= 15 is 0 Å². The molecule has 2 aromatic carbocycles. The molecule has 3 heteroatoms. The van der Waals surface area contributed by atoms with Crippen molar-refractivity contribution in [3.63, 3.8) is 0 Å². The highest BCUT2D eigenvalue weighted by Gasteiger charge is 2.25. The summed E-state index contributed by atoms with van der Waals surface area (Å²) in [5, 5.41) is 9.37. The van der Waals surface area contributed by atoms with E-state index in [9.17, 15) is 9.90 Å². The lowest BCUT2D eigenvalue weighted by Gasteiger charge is -2.39. The summed E-state index contributed by atoms with van der Waals surface area (Å²) < 4.78 is 0. The van der Waals surface area contributed by atoms with E-state index in [0.717, 1.165) is 23.2 Å². The maximum atomic E-state index is 11.4. The van der Waals surface area contributed by atoms with Crippen molar-refractivity contribution < 1.29 is 9.90 Å². The number of likely N-dealkylation sites (tertiary alicyclic amines) is 1. The molecule has 1 aliphatic heterocycles. The molecule has 1 saturated heterocycles. The molecule has 3 rings (SSSR count). The first-order valence-electron chi connectivity index (χ1n) is 8.73. The van der Waals surface area contributed by atoms with Crippen molar-refractivity contribution in [2.75, 3.05) is 0 Å². The Bertz CT molecular complexity index is 701. The smallest absolute Gasteiger partial charge is 0.335 e. The van der Waals surface area contributed by atoms with Crippen LogP contribution in [-0.2, 0) is 6.54 Å². The zero-order valence-electron chi connectivity index (χ0n) is 14.4. The Kier molecular flexibility index (Phi) is 5.00. The molecule has 2 aromatic rings. The second-order valence-electron chi connectivity index (χ2n) is 6.84. The van der Waals surface area contributed by atoms with Gasteiger partial charge in [-0.1, -0.05) is 42.8 Å². The molecule has 0 bridgehead atoms. The van der Waals surface area contributed by atoms with Crippen LogP contribution in [0.5, 0.6) is 0 Å². The number of carbonyl (C=O) groups is 1. The highest BCUT2D eigenvalue weighted by molar-refractivity contribution is 5.89. The maximum Gasteiger partial charge on any atom is 0.335 e. The van der Waals surface area contributed by atoms with Gasteiger partial charge in [-0.3, -0.25) is 4.90 Å². The Balaban J connectivity index is 2.00. The van der Waals surface area contributed by atoms with Gasteiger partial charge in [0.25, 0.3) is 0 Å². The number of hydrogen-bond donors (Lipinski definition) is 1. The standard InChI is InChI=1S/C21H25NO2/c1-15-7-6-8-16(2)22(15)14-19-13-18(21(23)24)11-12-20(19)17-9-4-3-5-10-17/h3-5,9-13,15-16H,6-8,14H2,1-2H3,(H,23,24). The van der Waals surface area contributed by atoms with Gasteiger partial charge in [-0.2, -0.15) is 0 Å². The average molecular weight is 323 g/mol. The molecule has 0 spiro atoms. The van der Waals surface area contributed by atoms with Crippen molar-refractivity contribution >= 4 is 5.97 Å². The second kappa shape index (κ2) is 7.18. The van der Waals surface area contributed by atoms with E-state index < -0.39 is 5.97 Å². The minimum Gasteiger partial charge on any atom is -0.478 e. The number of carboxylic acid groups (broad SMARTS) is 1. The van der Waals surface area contributed by atoms with Crippen LogP contribution in [0.4, 0.5) is 0 Å². The van der Waals surface area contributed by atoms with Crippen LogP contribution in [0.2, 0.25) is 0 Å². The topological polar surface area (TPSA) is 40.5 Å². The number of rotatable bonds is 4. The van der Waals surface area contributed by atoms with Crippen molar-refractivity contribution in [1.82, 2.24) is 4.90 Å². The Morgan fingerprint density at radius 2 is 1.75 bits per heavy atom. The lowest BCUT2D eigenvalue weighted by Crippen LogP contribution is -2.43. The van der Waals surface area contributed by atoms with Gasteiger partial charge >= 0.3 is 5.97 Å². The van der Waals surface area contributed by atoms with Gasteiger partial charge in [-0.15, -0.1) is 0 Å². The van der Waals surface area contributed by atoms with Crippen LogP contribution in [-0.4, -0.2) is 28.1 Å².